The van der Waals surface area contributed by atoms with E-state index in [0.717, 1.165) is 16.0 Å². The van der Waals surface area contributed by atoms with E-state index in [1.807, 2.05) is 19.9 Å². The van der Waals surface area contributed by atoms with Gasteiger partial charge >= 0.3 is 6.15 Å². The molecule has 0 bridgehead atoms. The van der Waals surface area contributed by atoms with Crippen molar-refractivity contribution in [2.45, 2.75) is 13.8 Å². The molecule has 1 heterocycles. The highest BCUT2D eigenvalue weighted by Gasteiger charge is 1.97. The number of carbonyl (C=O) groups excluding carboxylic acids is 2. The van der Waals surface area contributed by atoms with E-state index in [0.29, 0.717) is 0 Å². The van der Waals surface area contributed by atoms with Crippen LogP contribution in [0.5, 0.6) is 0 Å². The Hall–Kier alpha value is -0.860. The maximum Gasteiger partial charge on any atom is 0.373 e. The van der Waals surface area contributed by atoms with E-state index in [1.165, 1.54) is 0 Å². The van der Waals surface area contributed by atoms with Gasteiger partial charge in [0.2, 0.25) is 0 Å². The van der Waals surface area contributed by atoms with Crippen LogP contribution in [0.4, 0.5) is 0 Å². The zero-order chi connectivity index (χ0) is 8.85. The van der Waals surface area contributed by atoms with Crippen molar-refractivity contribution in [2.75, 3.05) is 0 Å². The van der Waals surface area contributed by atoms with Crippen LogP contribution in [0.2, 0.25) is 0 Å². The zero-order valence-corrected chi connectivity index (χ0v) is 7.77. The summed E-state index contributed by atoms with van der Waals surface area (Å²) >= 11 is 3.32. The third-order valence-electron chi connectivity index (χ3n) is 0.980. The Morgan fingerprint density at radius 1 is 1.45 bits per heavy atom. The summed E-state index contributed by atoms with van der Waals surface area (Å²) in [5, 5.41) is 0. The molecular weight excluding hydrogens is 212 g/mol. The first kappa shape index (κ1) is 10.1. The molecule has 60 valence electrons. The molecule has 1 rings (SSSR count). The van der Waals surface area contributed by atoms with Gasteiger partial charge < -0.3 is 4.42 Å². The van der Waals surface area contributed by atoms with Crippen LogP contribution in [0.3, 0.4) is 0 Å². The Kier molecular flexibility index (Phi) is 4.50. The van der Waals surface area contributed by atoms with Gasteiger partial charge in [0.1, 0.15) is 11.5 Å². The monoisotopic (exact) mass is 218 g/mol. The molecule has 0 radical (unpaired) electrons. The Labute approximate surface area is 72.5 Å². The number of aryl methyl sites for hydroxylation is 2. The van der Waals surface area contributed by atoms with Crippen molar-refractivity contribution in [3.63, 3.8) is 0 Å². The highest BCUT2D eigenvalue weighted by Crippen LogP contribution is 2.18. The first-order valence-corrected chi connectivity index (χ1v) is 3.63. The highest BCUT2D eigenvalue weighted by atomic mass is 79.9. The minimum absolute atomic E-state index is 0.250. The van der Waals surface area contributed by atoms with Crippen molar-refractivity contribution in [1.82, 2.24) is 0 Å². The van der Waals surface area contributed by atoms with Crippen molar-refractivity contribution in [3.8, 4) is 0 Å². The molecule has 0 fully saturated rings. The summed E-state index contributed by atoms with van der Waals surface area (Å²) < 4.78 is 6.22. The zero-order valence-electron chi connectivity index (χ0n) is 6.18. The van der Waals surface area contributed by atoms with E-state index < -0.39 is 0 Å². The average molecular weight is 219 g/mol. The predicted octanol–water partition coefficient (Wildman–Crippen LogP) is 2.08. The maximum atomic E-state index is 8.12. The van der Waals surface area contributed by atoms with E-state index in [4.69, 9.17) is 14.0 Å². The molecule has 0 aliphatic heterocycles. The molecule has 0 saturated heterocycles. The summed E-state index contributed by atoms with van der Waals surface area (Å²) in [6.45, 7) is 3.86. The van der Waals surface area contributed by atoms with Crippen molar-refractivity contribution in [3.05, 3.63) is 22.1 Å². The van der Waals surface area contributed by atoms with Crippen LogP contribution in [0, 0.1) is 13.8 Å². The molecule has 0 aromatic carbocycles. The smallest absolute Gasteiger partial charge is 0.373 e. The number of halogens is 1. The van der Waals surface area contributed by atoms with Gasteiger partial charge in [0.15, 0.2) is 0 Å². The van der Waals surface area contributed by atoms with Crippen LogP contribution < -0.4 is 0 Å². The summed E-state index contributed by atoms with van der Waals surface area (Å²) in [5.74, 6) is 1.90. The van der Waals surface area contributed by atoms with Crippen molar-refractivity contribution in [2.24, 2.45) is 0 Å². The van der Waals surface area contributed by atoms with E-state index in [9.17, 15) is 0 Å². The van der Waals surface area contributed by atoms with Crippen LogP contribution in [-0.4, -0.2) is 6.15 Å². The third-order valence-corrected chi connectivity index (χ3v) is 1.77. The third kappa shape index (κ3) is 3.75. The lowest BCUT2D eigenvalue weighted by Gasteiger charge is -1.79. The highest BCUT2D eigenvalue weighted by molar-refractivity contribution is 9.10. The van der Waals surface area contributed by atoms with Crippen LogP contribution in [0.1, 0.15) is 11.5 Å². The van der Waals surface area contributed by atoms with Gasteiger partial charge in [0.25, 0.3) is 0 Å². The molecule has 0 unspecified atom stereocenters. The van der Waals surface area contributed by atoms with Crippen LogP contribution in [0.25, 0.3) is 0 Å². The first-order chi connectivity index (χ1) is 5.11. The van der Waals surface area contributed by atoms with E-state index in [2.05, 4.69) is 15.9 Å². The van der Waals surface area contributed by atoms with Gasteiger partial charge in [-0.25, -0.2) is 0 Å². The van der Waals surface area contributed by atoms with Crippen molar-refractivity contribution in [1.29, 1.82) is 0 Å². The fourth-order valence-corrected chi connectivity index (χ4v) is 1.00. The van der Waals surface area contributed by atoms with E-state index >= 15 is 0 Å². The SMILES string of the molecule is Cc1cc(Br)c(C)o1.O=C=O. The van der Waals surface area contributed by atoms with Gasteiger partial charge in [-0.2, -0.15) is 9.59 Å². The van der Waals surface area contributed by atoms with Gasteiger partial charge in [-0.05, 0) is 35.8 Å². The standard InChI is InChI=1S/C6H7BrO.CO2/c1-4-3-6(7)5(2)8-4;2-1-3/h3H,1-2H3;. The summed E-state index contributed by atoms with van der Waals surface area (Å²) in [4.78, 5) is 16.2. The Balaban J connectivity index is 0.000000292. The first-order valence-electron chi connectivity index (χ1n) is 2.83. The van der Waals surface area contributed by atoms with Crippen LogP contribution in [-0.2, 0) is 9.59 Å². The van der Waals surface area contributed by atoms with Crippen molar-refractivity contribution >= 4 is 22.1 Å². The van der Waals surface area contributed by atoms with Crippen LogP contribution in [0.15, 0.2) is 15.0 Å². The fourth-order valence-electron chi connectivity index (χ4n) is 0.600. The summed E-state index contributed by atoms with van der Waals surface area (Å²) in [6, 6.07) is 1.95. The Bertz CT molecular complexity index is 239. The largest absolute Gasteiger partial charge is 0.465 e. The lowest BCUT2D eigenvalue weighted by Crippen LogP contribution is -1.57. The molecule has 1 aromatic heterocycles. The fraction of sp³-hybridized carbons (Fsp3) is 0.286. The second-order valence-electron chi connectivity index (χ2n) is 1.84. The van der Waals surface area contributed by atoms with Gasteiger partial charge in [0.05, 0.1) is 4.47 Å². The minimum atomic E-state index is 0.250. The topological polar surface area (TPSA) is 47.3 Å². The predicted molar refractivity (Wildman–Crippen MR) is 40.9 cm³/mol. The second-order valence-corrected chi connectivity index (χ2v) is 2.70. The number of hydrogen-bond acceptors (Lipinski definition) is 3. The van der Waals surface area contributed by atoms with E-state index in [1.54, 1.807) is 0 Å². The molecule has 0 amide bonds. The van der Waals surface area contributed by atoms with Gasteiger partial charge in [0, 0.05) is 0 Å². The second kappa shape index (κ2) is 4.88. The molecule has 0 aliphatic rings. The lowest BCUT2D eigenvalue weighted by atomic mass is 10.5. The minimum Gasteiger partial charge on any atom is -0.465 e. The number of rotatable bonds is 0. The van der Waals surface area contributed by atoms with Gasteiger partial charge in [-0.3, -0.25) is 0 Å². The summed E-state index contributed by atoms with van der Waals surface area (Å²) in [7, 11) is 0. The summed E-state index contributed by atoms with van der Waals surface area (Å²) in [5.41, 5.74) is 0. The van der Waals surface area contributed by atoms with Crippen LogP contribution >= 0.6 is 15.9 Å². The molecule has 1 aromatic rings. The molecule has 0 atom stereocenters. The Morgan fingerprint density at radius 3 is 2.00 bits per heavy atom. The van der Waals surface area contributed by atoms with Gasteiger partial charge in [-0.1, -0.05) is 0 Å². The quantitative estimate of drug-likeness (QED) is 0.670. The maximum absolute atomic E-state index is 8.12. The van der Waals surface area contributed by atoms with Crippen molar-refractivity contribution < 1.29 is 14.0 Å². The normalized spacial score (nSPS) is 7.91. The van der Waals surface area contributed by atoms with Gasteiger partial charge in [-0.15, -0.1) is 0 Å². The molecule has 3 nitrogen and oxygen atoms in total. The molecule has 0 aliphatic carbocycles. The molecule has 0 N–H and O–H groups in total. The lowest BCUT2D eigenvalue weighted by molar-refractivity contribution is -0.191. The Morgan fingerprint density at radius 2 is 1.91 bits per heavy atom. The average Bonchev–Trinajstić information content (AvgIpc) is 2.12. The molecule has 0 spiro atoms. The molecule has 4 heteroatoms. The molecule has 11 heavy (non-hydrogen) atoms. The number of hydrogen-bond donors (Lipinski definition) is 0. The molecule has 0 saturated carbocycles. The summed E-state index contributed by atoms with van der Waals surface area (Å²) in [6.07, 6.45) is 0.250. The number of furan rings is 1. The van der Waals surface area contributed by atoms with E-state index in [-0.39, 0.29) is 6.15 Å². The molecular formula is C7H7BrO3.